The summed E-state index contributed by atoms with van der Waals surface area (Å²) in [7, 11) is 0. The number of amides is 1. The number of carbonyl (C=O) groups is 1. The Balaban J connectivity index is 1.30. The summed E-state index contributed by atoms with van der Waals surface area (Å²) < 4.78 is 11.8. The highest BCUT2D eigenvalue weighted by Crippen LogP contribution is 2.42. The largest absolute Gasteiger partial charge is 0.492 e. The smallest absolute Gasteiger partial charge is 0.272 e. The van der Waals surface area contributed by atoms with Gasteiger partial charge in [-0.3, -0.25) is 14.9 Å². The van der Waals surface area contributed by atoms with Crippen LogP contribution in [-0.4, -0.2) is 57.9 Å². The normalized spacial score (nSPS) is 21.7. The molecule has 1 unspecified atom stereocenters. The Kier molecular flexibility index (Phi) is 3.93. The van der Waals surface area contributed by atoms with Gasteiger partial charge in [-0.05, 0) is 37.0 Å². The number of carbonyl (C=O) groups excluding carboxylic acids is 1. The molecule has 7 nitrogen and oxygen atoms in total. The first-order valence-electron chi connectivity index (χ1n) is 8.22. The number of likely N-dealkylation sites (tertiary alicyclic amines) is 1. The van der Waals surface area contributed by atoms with Gasteiger partial charge in [0.1, 0.15) is 17.0 Å². The number of aromatic nitrogens is 3. The number of rotatable bonds is 5. The van der Waals surface area contributed by atoms with Crippen molar-refractivity contribution in [3.8, 4) is 5.75 Å². The van der Waals surface area contributed by atoms with E-state index in [1.165, 1.54) is 0 Å². The van der Waals surface area contributed by atoms with E-state index < -0.39 is 0 Å². The second kappa shape index (κ2) is 6.24. The van der Waals surface area contributed by atoms with Crippen LogP contribution in [0.15, 0.2) is 36.8 Å². The summed E-state index contributed by atoms with van der Waals surface area (Å²) in [6.45, 7) is 2.67. The van der Waals surface area contributed by atoms with Crippen LogP contribution in [0.25, 0.3) is 0 Å². The monoisotopic (exact) mass is 328 g/mol. The molecular weight excluding hydrogens is 308 g/mol. The minimum Gasteiger partial charge on any atom is -0.492 e. The van der Waals surface area contributed by atoms with Gasteiger partial charge in [-0.1, -0.05) is 0 Å². The summed E-state index contributed by atoms with van der Waals surface area (Å²) in [6, 6.07) is 5.46. The molecule has 0 bridgehead atoms. The van der Waals surface area contributed by atoms with Gasteiger partial charge < -0.3 is 14.4 Å². The summed E-state index contributed by atoms with van der Waals surface area (Å²) in [5.74, 6) is 1.19. The first-order valence-corrected chi connectivity index (χ1v) is 8.22. The molecule has 0 aromatic carbocycles. The molecule has 4 heterocycles. The highest BCUT2D eigenvalue weighted by atomic mass is 16.5. The molecule has 1 spiro atoms. The Morgan fingerprint density at radius 1 is 1.42 bits per heavy atom. The van der Waals surface area contributed by atoms with Gasteiger partial charge in [0.2, 0.25) is 0 Å². The Labute approximate surface area is 140 Å². The van der Waals surface area contributed by atoms with Gasteiger partial charge in [0.25, 0.3) is 5.91 Å². The van der Waals surface area contributed by atoms with Crippen LogP contribution in [-0.2, 0) is 4.74 Å². The Morgan fingerprint density at radius 3 is 3.08 bits per heavy atom. The maximum Gasteiger partial charge on any atom is 0.272 e. The van der Waals surface area contributed by atoms with E-state index in [0.717, 1.165) is 25.2 Å². The zero-order valence-corrected chi connectivity index (χ0v) is 13.4. The van der Waals surface area contributed by atoms with E-state index in [1.807, 2.05) is 17.0 Å². The molecule has 2 aliphatic heterocycles. The number of aromatic amines is 1. The zero-order valence-electron chi connectivity index (χ0n) is 13.4. The van der Waals surface area contributed by atoms with Gasteiger partial charge in [0.05, 0.1) is 25.9 Å². The number of H-pyrrole nitrogens is 1. The van der Waals surface area contributed by atoms with Crippen LogP contribution in [0.1, 0.15) is 23.3 Å². The molecule has 2 aromatic heterocycles. The minimum atomic E-state index is -0.200. The lowest BCUT2D eigenvalue weighted by Gasteiger charge is -2.50. The van der Waals surface area contributed by atoms with Gasteiger partial charge in [-0.2, -0.15) is 5.10 Å². The number of hydrogen-bond donors (Lipinski definition) is 1. The lowest BCUT2D eigenvalue weighted by Crippen LogP contribution is -2.66. The number of hydrogen-bond acceptors (Lipinski definition) is 5. The molecule has 2 aliphatic rings. The molecule has 1 amide bonds. The maximum atomic E-state index is 12.3. The van der Waals surface area contributed by atoms with Gasteiger partial charge in [0.15, 0.2) is 0 Å². The summed E-state index contributed by atoms with van der Waals surface area (Å²) >= 11 is 0. The number of nitrogens with one attached hydrogen (secondary N) is 1. The fourth-order valence-electron chi connectivity index (χ4n) is 3.58. The van der Waals surface area contributed by atoms with Gasteiger partial charge >= 0.3 is 0 Å². The van der Waals surface area contributed by atoms with Crippen LogP contribution in [0.5, 0.6) is 5.75 Å². The van der Waals surface area contributed by atoms with Crippen molar-refractivity contribution < 1.29 is 14.3 Å². The van der Waals surface area contributed by atoms with E-state index in [4.69, 9.17) is 9.47 Å². The van der Waals surface area contributed by atoms with Gasteiger partial charge in [0, 0.05) is 19.0 Å². The second-order valence-corrected chi connectivity index (χ2v) is 6.36. The predicted octanol–water partition coefficient (Wildman–Crippen LogP) is 1.50. The molecule has 0 saturated carbocycles. The molecule has 0 radical (unpaired) electrons. The standard InChI is InChI=1S/C17H20N4O3/c22-16(15-3-7-19-20-15)21-11-17(12-21)13(5-9-24-17)4-8-23-14-2-1-6-18-10-14/h1-3,6-7,10,13H,4-5,8-9,11-12H2,(H,19,20). The minimum absolute atomic E-state index is 0.0148. The van der Waals surface area contributed by atoms with Crippen LogP contribution >= 0.6 is 0 Å². The SMILES string of the molecule is O=C(c1ccn[nH]1)N1CC2(C1)OCCC2CCOc1cccnc1. The van der Waals surface area contributed by atoms with Crippen molar-refractivity contribution in [2.24, 2.45) is 5.92 Å². The summed E-state index contributed by atoms with van der Waals surface area (Å²) in [5.41, 5.74) is 0.327. The van der Waals surface area contributed by atoms with Crippen molar-refractivity contribution in [1.82, 2.24) is 20.1 Å². The average Bonchev–Trinajstić information content (AvgIpc) is 3.24. The number of ether oxygens (including phenoxy) is 2. The first-order chi connectivity index (χ1) is 11.8. The van der Waals surface area contributed by atoms with Crippen molar-refractivity contribution in [1.29, 1.82) is 0 Å². The van der Waals surface area contributed by atoms with E-state index in [-0.39, 0.29) is 11.5 Å². The fraction of sp³-hybridized carbons (Fsp3) is 0.471. The van der Waals surface area contributed by atoms with E-state index in [2.05, 4.69) is 15.2 Å². The van der Waals surface area contributed by atoms with E-state index in [0.29, 0.717) is 31.3 Å². The molecular formula is C17H20N4O3. The predicted molar refractivity (Wildman–Crippen MR) is 85.6 cm³/mol. The third-order valence-corrected chi connectivity index (χ3v) is 4.90. The molecule has 7 heteroatoms. The molecule has 2 fully saturated rings. The Hall–Kier alpha value is -2.41. The molecule has 126 valence electrons. The molecule has 2 aromatic rings. The van der Waals surface area contributed by atoms with Gasteiger partial charge in [-0.25, -0.2) is 0 Å². The lowest BCUT2D eigenvalue weighted by atomic mass is 9.79. The molecule has 2 saturated heterocycles. The quantitative estimate of drug-likeness (QED) is 0.900. The van der Waals surface area contributed by atoms with Crippen molar-refractivity contribution in [3.63, 3.8) is 0 Å². The molecule has 1 N–H and O–H groups in total. The second-order valence-electron chi connectivity index (χ2n) is 6.36. The molecule has 0 aliphatic carbocycles. The third-order valence-electron chi connectivity index (χ3n) is 4.90. The summed E-state index contributed by atoms with van der Waals surface area (Å²) in [4.78, 5) is 18.2. The van der Waals surface area contributed by atoms with Crippen molar-refractivity contribution in [2.75, 3.05) is 26.3 Å². The van der Waals surface area contributed by atoms with Crippen LogP contribution in [0, 0.1) is 5.92 Å². The molecule has 1 atom stereocenters. The zero-order chi connectivity index (χ0) is 16.4. The van der Waals surface area contributed by atoms with Crippen LogP contribution in [0.3, 0.4) is 0 Å². The number of nitrogens with zero attached hydrogens (tertiary/aromatic N) is 3. The molecule has 4 rings (SSSR count). The average molecular weight is 328 g/mol. The fourth-order valence-corrected chi connectivity index (χ4v) is 3.58. The number of pyridine rings is 1. The highest BCUT2D eigenvalue weighted by molar-refractivity contribution is 5.93. The van der Waals surface area contributed by atoms with E-state index >= 15 is 0 Å². The first kappa shape index (κ1) is 15.1. The highest BCUT2D eigenvalue weighted by Gasteiger charge is 2.54. The summed E-state index contributed by atoms with van der Waals surface area (Å²) in [6.07, 6.45) is 6.97. The Bertz CT molecular complexity index is 683. The molecule has 24 heavy (non-hydrogen) atoms. The van der Waals surface area contributed by atoms with E-state index in [9.17, 15) is 4.79 Å². The lowest BCUT2D eigenvalue weighted by molar-refractivity contribution is -0.119. The van der Waals surface area contributed by atoms with Gasteiger partial charge in [-0.15, -0.1) is 0 Å². The van der Waals surface area contributed by atoms with Crippen LogP contribution < -0.4 is 4.74 Å². The topological polar surface area (TPSA) is 80.3 Å². The summed E-state index contributed by atoms with van der Waals surface area (Å²) in [5, 5.41) is 6.55. The van der Waals surface area contributed by atoms with Crippen molar-refractivity contribution in [3.05, 3.63) is 42.5 Å². The van der Waals surface area contributed by atoms with Crippen LogP contribution in [0.2, 0.25) is 0 Å². The third kappa shape index (κ3) is 2.75. The van der Waals surface area contributed by atoms with Crippen molar-refractivity contribution in [2.45, 2.75) is 18.4 Å². The Morgan fingerprint density at radius 2 is 2.33 bits per heavy atom. The van der Waals surface area contributed by atoms with Crippen LogP contribution in [0.4, 0.5) is 0 Å². The maximum absolute atomic E-state index is 12.3. The van der Waals surface area contributed by atoms with E-state index in [1.54, 1.807) is 24.7 Å². The van der Waals surface area contributed by atoms with Crippen molar-refractivity contribution >= 4 is 5.91 Å².